The molecule has 0 spiro atoms. The summed E-state index contributed by atoms with van der Waals surface area (Å²) in [7, 11) is 0. The van der Waals surface area contributed by atoms with Gasteiger partial charge in [-0.2, -0.15) is 0 Å². The van der Waals surface area contributed by atoms with Crippen molar-refractivity contribution in [2.45, 2.75) is 6.54 Å². The van der Waals surface area contributed by atoms with Crippen molar-refractivity contribution in [1.82, 2.24) is 4.98 Å². The first-order chi connectivity index (χ1) is 11.1. The third-order valence-corrected chi connectivity index (χ3v) is 4.38. The molecule has 0 atom stereocenters. The molecular weight excluding hydrogens is 316 g/mol. The van der Waals surface area contributed by atoms with Crippen molar-refractivity contribution in [2.24, 2.45) is 0 Å². The summed E-state index contributed by atoms with van der Waals surface area (Å²) < 4.78 is 0. The van der Waals surface area contributed by atoms with Gasteiger partial charge in [-0.1, -0.05) is 11.6 Å². The van der Waals surface area contributed by atoms with Crippen molar-refractivity contribution in [3.05, 3.63) is 63.4 Å². The van der Waals surface area contributed by atoms with E-state index in [0.29, 0.717) is 10.7 Å². The van der Waals surface area contributed by atoms with Crippen LogP contribution < -0.4 is 9.80 Å². The van der Waals surface area contributed by atoms with Gasteiger partial charge < -0.3 is 9.80 Å². The molecule has 23 heavy (non-hydrogen) atoms. The molecule has 6 nitrogen and oxygen atoms in total. The largest absolute Gasteiger partial charge is 0.355 e. The average Bonchev–Trinajstić information content (AvgIpc) is 2.56. The van der Waals surface area contributed by atoms with Crippen LogP contribution >= 0.6 is 11.6 Å². The monoisotopic (exact) mass is 333 g/mol. The van der Waals surface area contributed by atoms with Gasteiger partial charge >= 0.3 is 0 Å². The lowest BCUT2D eigenvalue weighted by Crippen LogP contribution is -3.13. The Balaban J connectivity index is 1.66. The second-order valence-corrected chi connectivity index (χ2v) is 6.10. The molecule has 0 saturated carbocycles. The Labute approximate surface area is 139 Å². The van der Waals surface area contributed by atoms with Crippen LogP contribution in [0.2, 0.25) is 5.02 Å². The van der Waals surface area contributed by atoms with Crippen LogP contribution in [-0.2, 0) is 6.54 Å². The van der Waals surface area contributed by atoms with E-state index in [4.69, 9.17) is 11.6 Å². The number of rotatable bonds is 4. The molecule has 1 aliphatic rings. The third kappa shape index (κ3) is 3.78. The maximum atomic E-state index is 11.2. The number of benzene rings is 1. The number of nitro groups is 1. The van der Waals surface area contributed by atoms with E-state index in [0.717, 1.165) is 32.7 Å². The summed E-state index contributed by atoms with van der Waals surface area (Å²) in [5, 5.41) is 11.6. The fraction of sp³-hybridized carbons (Fsp3) is 0.312. The van der Waals surface area contributed by atoms with Crippen LogP contribution in [0.25, 0.3) is 0 Å². The molecule has 1 fully saturated rings. The van der Waals surface area contributed by atoms with Crippen molar-refractivity contribution >= 4 is 23.0 Å². The van der Waals surface area contributed by atoms with Gasteiger partial charge in [-0.25, -0.2) is 0 Å². The first kappa shape index (κ1) is 15.7. The van der Waals surface area contributed by atoms with Crippen molar-refractivity contribution in [1.29, 1.82) is 0 Å². The van der Waals surface area contributed by atoms with E-state index in [2.05, 4.69) is 9.88 Å². The van der Waals surface area contributed by atoms with Gasteiger partial charge in [0.25, 0.3) is 5.69 Å². The molecule has 0 bridgehead atoms. The number of halogens is 1. The maximum Gasteiger partial charge on any atom is 0.294 e. The summed E-state index contributed by atoms with van der Waals surface area (Å²) in [6.45, 7) is 4.44. The fourth-order valence-corrected chi connectivity index (χ4v) is 3.11. The molecule has 0 unspecified atom stereocenters. The Kier molecular flexibility index (Phi) is 4.73. The highest BCUT2D eigenvalue weighted by Crippen LogP contribution is 2.30. The molecule has 1 saturated heterocycles. The van der Waals surface area contributed by atoms with E-state index < -0.39 is 0 Å². The molecule has 1 aromatic carbocycles. The fourth-order valence-electron chi connectivity index (χ4n) is 2.94. The predicted octanol–water partition coefficient (Wildman–Crippen LogP) is 1.55. The minimum Gasteiger partial charge on any atom is -0.355 e. The lowest BCUT2D eigenvalue weighted by Gasteiger charge is -2.33. The van der Waals surface area contributed by atoms with Gasteiger partial charge in [-0.15, -0.1) is 0 Å². The molecule has 1 aliphatic heterocycles. The first-order valence-electron chi connectivity index (χ1n) is 7.55. The smallest absolute Gasteiger partial charge is 0.294 e. The number of piperazine rings is 1. The standard InChI is InChI=1S/C16H17ClN4O2/c17-14-1-2-15(16(11-14)21(22)23)20-9-7-19(8-10-20)12-13-3-5-18-6-4-13/h1-6,11H,7-10,12H2/p+1. The minimum atomic E-state index is -0.364. The molecule has 7 heteroatoms. The summed E-state index contributed by atoms with van der Waals surface area (Å²) in [5.41, 5.74) is 2.00. The number of hydrogen-bond donors (Lipinski definition) is 1. The summed E-state index contributed by atoms with van der Waals surface area (Å²) >= 11 is 5.88. The molecule has 0 aliphatic carbocycles. The van der Waals surface area contributed by atoms with Crippen molar-refractivity contribution < 1.29 is 9.82 Å². The second kappa shape index (κ2) is 6.93. The number of hydrogen-bond acceptors (Lipinski definition) is 4. The summed E-state index contributed by atoms with van der Waals surface area (Å²) in [4.78, 5) is 18.4. The van der Waals surface area contributed by atoms with Gasteiger partial charge in [0.15, 0.2) is 0 Å². The Bertz CT molecular complexity index is 688. The Morgan fingerprint density at radius 1 is 1.22 bits per heavy atom. The van der Waals surface area contributed by atoms with Crippen LogP contribution in [0.5, 0.6) is 0 Å². The zero-order valence-electron chi connectivity index (χ0n) is 12.6. The molecule has 1 N–H and O–H groups in total. The second-order valence-electron chi connectivity index (χ2n) is 5.66. The number of aromatic nitrogens is 1. The molecular formula is C16H18ClN4O2+. The predicted molar refractivity (Wildman–Crippen MR) is 89.0 cm³/mol. The third-order valence-electron chi connectivity index (χ3n) is 4.15. The highest BCUT2D eigenvalue weighted by Gasteiger charge is 2.25. The van der Waals surface area contributed by atoms with Gasteiger partial charge in [0.05, 0.1) is 31.1 Å². The number of quaternary nitrogens is 1. The van der Waals surface area contributed by atoms with Crippen molar-refractivity contribution in [2.75, 3.05) is 31.1 Å². The van der Waals surface area contributed by atoms with Gasteiger partial charge in [-0.3, -0.25) is 15.1 Å². The maximum absolute atomic E-state index is 11.2. The number of nitro benzene ring substituents is 1. The van der Waals surface area contributed by atoms with Crippen LogP contribution in [0, 0.1) is 10.1 Å². The Morgan fingerprint density at radius 3 is 2.57 bits per heavy atom. The van der Waals surface area contributed by atoms with E-state index >= 15 is 0 Å². The molecule has 120 valence electrons. The van der Waals surface area contributed by atoms with Crippen molar-refractivity contribution in [3.63, 3.8) is 0 Å². The van der Waals surface area contributed by atoms with E-state index in [9.17, 15) is 10.1 Å². The van der Waals surface area contributed by atoms with Gasteiger partial charge in [-0.05, 0) is 24.3 Å². The summed E-state index contributed by atoms with van der Waals surface area (Å²) in [6, 6.07) is 8.94. The molecule has 1 aromatic heterocycles. The lowest BCUT2D eigenvalue weighted by molar-refractivity contribution is -0.914. The van der Waals surface area contributed by atoms with Crippen LogP contribution in [0.4, 0.5) is 11.4 Å². The SMILES string of the molecule is O=[N+]([O-])c1cc(Cl)ccc1N1CC[NH+](Cc2ccncc2)CC1. The van der Waals surface area contributed by atoms with Crippen LogP contribution in [-0.4, -0.2) is 36.1 Å². The van der Waals surface area contributed by atoms with E-state index in [1.807, 2.05) is 24.5 Å². The Hall–Kier alpha value is -2.18. The quantitative estimate of drug-likeness (QED) is 0.681. The van der Waals surface area contributed by atoms with Crippen LogP contribution in [0.1, 0.15) is 5.56 Å². The van der Waals surface area contributed by atoms with Crippen LogP contribution in [0.15, 0.2) is 42.7 Å². The normalized spacial score (nSPS) is 15.6. The molecule has 0 amide bonds. The topological polar surface area (TPSA) is 63.7 Å². The van der Waals surface area contributed by atoms with Gasteiger partial charge in [0.2, 0.25) is 0 Å². The van der Waals surface area contributed by atoms with Gasteiger partial charge in [0.1, 0.15) is 12.2 Å². The molecule has 0 radical (unpaired) electrons. The number of nitrogens with one attached hydrogen (secondary N) is 1. The number of nitrogens with zero attached hydrogens (tertiary/aromatic N) is 3. The lowest BCUT2D eigenvalue weighted by atomic mass is 10.2. The van der Waals surface area contributed by atoms with Gasteiger partial charge in [0, 0.05) is 29.0 Å². The summed E-state index contributed by atoms with van der Waals surface area (Å²) in [5.74, 6) is 0. The zero-order chi connectivity index (χ0) is 16.2. The van der Waals surface area contributed by atoms with Crippen LogP contribution in [0.3, 0.4) is 0 Å². The molecule has 3 rings (SSSR count). The Morgan fingerprint density at radius 2 is 1.91 bits per heavy atom. The number of anilines is 1. The average molecular weight is 334 g/mol. The minimum absolute atomic E-state index is 0.0788. The highest BCUT2D eigenvalue weighted by atomic mass is 35.5. The van der Waals surface area contributed by atoms with E-state index in [1.165, 1.54) is 16.5 Å². The van der Waals surface area contributed by atoms with Crippen molar-refractivity contribution in [3.8, 4) is 0 Å². The molecule has 2 aromatic rings. The van der Waals surface area contributed by atoms with E-state index in [1.54, 1.807) is 12.1 Å². The van der Waals surface area contributed by atoms with E-state index in [-0.39, 0.29) is 10.6 Å². The highest BCUT2D eigenvalue weighted by molar-refractivity contribution is 6.30. The summed E-state index contributed by atoms with van der Waals surface area (Å²) in [6.07, 6.45) is 3.62. The zero-order valence-corrected chi connectivity index (χ0v) is 13.4. The first-order valence-corrected chi connectivity index (χ1v) is 7.92. The molecule has 2 heterocycles. The number of pyridine rings is 1.